The highest BCUT2D eigenvalue weighted by atomic mass is 14.6. The average Bonchev–Trinajstić information content (AvgIpc) is 1.64. The minimum atomic E-state index is 0.450. The first-order chi connectivity index (χ1) is 3.79. The molecular weight excluding hydrogens is 98.1 g/mol. The largest absolute Gasteiger partial charge is 0.328 e. The van der Waals surface area contributed by atoms with Crippen molar-refractivity contribution in [2.45, 2.75) is 31.7 Å². The van der Waals surface area contributed by atoms with Gasteiger partial charge in [-0.15, -0.1) is 0 Å². The summed E-state index contributed by atoms with van der Waals surface area (Å²) in [6.45, 7) is 3.97. The van der Waals surface area contributed by atoms with Crippen molar-refractivity contribution in [3.63, 3.8) is 0 Å². The molecule has 47 valence electrons. The van der Waals surface area contributed by atoms with Gasteiger partial charge in [0, 0.05) is 6.04 Å². The Labute approximate surface area is 51.3 Å². The van der Waals surface area contributed by atoms with Crippen LogP contribution in [0.15, 0.2) is 0 Å². The second kappa shape index (κ2) is 2.49. The highest BCUT2D eigenvalue weighted by Gasteiger charge is 2.14. The summed E-state index contributed by atoms with van der Waals surface area (Å²) in [4.78, 5) is 0. The molecule has 1 radical (unpaired) electrons. The fraction of sp³-hybridized carbons (Fsp3) is 0.857. The highest BCUT2D eigenvalue weighted by molar-refractivity contribution is 4.75. The van der Waals surface area contributed by atoms with Crippen LogP contribution in [-0.2, 0) is 0 Å². The zero-order valence-corrected chi connectivity index (χ0v) is 5.27. The van der Waals surface area contributed by atoms with Crippen molar-refractivity contribution in [1.29, 1.82) is 0 Å². The summed E-state index contributed by atoms with van der Waals surface area (Å²) >= 11 is 0. The van der Waals surface area contributed by atoms with Gasteiger partial charge < -0.3 is 5.73 Å². The molecule has 0 aromatic rings. The van der Waals surface area contributed by atoms with Crippen molar-refractivity contribution in [2.24, 2.45) is 11.7 Å². The molecule has 1 rings (SSSR count). The summed E-state index contributed by atoms with van der Waals surface area (Å²) in [6, 6.07) is 0.450. The first kappa shape index (κ1) is 6.09. The van der Waals surface area contributed by atoms with Gasteiger partial charge in [0.15, 0.2) is 0 Å². The lowest BCUT2D eigenvalue weighted by Gasteiger charge is -2.22. The van der Waals surface area contributed by atoms with E-state index in [1.165, 1.54) is 19.3 Å². The standard InChI is InChI=1S/C7H14N/c1-6-3-2-4-7(8)5-6/h6-7H,1-5,8H2. The van der Waals surface area contributed by atoms with Crippen molar-refractivity contribution in [3.8, 4) is 0 Å². The van der Waals surface area contributed by atoms with Crippen LogP contribution in [0.1, 0.15) is 25.7 Å². The van der Waals surface area contributed by atoms with Gasteiger partial charge in [-0.1, -0.05) is 19.8 Å². The summed E-state index contributed by atoms with van der Waals surface area (Å²) in [6.07, 6.45) is 4.93. The molecular formula is C7H14N. The molecule has 8 heavy (non-hydrogen) atoms. The highest BCUT2D eigenvalue weighted by Crippen LogP contribution is 2.21. The SMILES string of the molecule is [CH2]C1CCCC(N)C1. The molecule has 0 heterocycles. The van der Waals surface area contributed by atoms with Crippen LogP contribution >= 0.6 is 0 Å². The van der Waals surface area contributed by atoms with Gasteiger partial charge in [0.05, 0.1) is 0 Å². The summed E-state index contributed by atoms with van der Waals surface area (Å²) < 4.78 is 0. The van der Waals surface area contributed by atoms with E-state index >= 15 is 0 Å². The molecule has 1 aliphatic carbocycles. The third kappa shape index (κ3) is 1.48. The van der Waals surface area contributed by atoms with Crippen LogP contribution < -0.4 is 5.73 Å². The van der Waals surface area contributed by atoms with Gasteiger partial charge in [0.1, 0.15) is 0 Å². The molecule has 0 bridgehead atoms. The van der Waals surface area contributed by atoms with Crippen molar-refractivity contribution >= 4 is 0 Å². The van der Waals surface area contributed by atoms with E-state index < -0.39 is 0 Å². The summed E-state index contributed by atoms with van der Waals surface area (Å²) in [7, 11) is 0. The number of hydrogen-bond donors (Lipinski definition) is 1. The molecule has 1 heteroatoms. The van der Waals surface area contributed by atoms with Gasteiger partial charge >= 0.3 is 0 Å². The van der Waals surface area contributed by atoms with Crippen molar-refractivity contribution in [2.75, 3.05) is 0 Å². The monoisotopic (exact) mass is 112 g/mol. The quantitative estimate of drug-likeness (QED) is 0.502. The van der Waals surface area contributed by atoms with Crippen LogP contribution in [0.2, 0.25) is 0 Å². The maximum absolute atomic E-state index is 5.69. The van der Waals surface area contributed by atoms with E-state index in [1.54, 1.807) is 0 Å². The van der Waals surface area contributed by atoms with Crippen LogP contribution in [0.5, 0.6) is 0 Å². The maximum atomic E-state index is 5.69. The minimum Gasteiger partial charge on any atom is -0.328 e. The Hall–Kier alpha value is -0.0400. The summed E-state index contributed by atoms with van der Waals surface area (Å²) in [5, 5.41) is 0. The van der Waals surface area contributed by atoms with Crippen LogP contribution in [0.25, 0.3) is 0 Å². The van der Waals surface area contributed by atoms with Crippen LogP contribution in [0.4, 0.5) is 0 Å². The van der Waals surface area contributed by atoms with Gasteiger partial charge in [-0.05, 0) is 18.8 Å². The second-order valence-corrected chi connectivity index (χ2v) is 2.79. The van der Waals surface area contributed by atoms with E-state index in [2.05, 4.69) is 6.92 Å². The smallest absolute Gasteiger partial charge is 0.00414 e. The fourth-order valence-corrected chi connectivity index (χ4v) is 1.33. The Kier molecular flexibility index (Phi) is 1.90. The summed E-state index contributed by atoms with van der Waals surface area (Å²) in [5.74, 6) is 0.638. The second-order valence-electron chi connectivity index (χ2n) is 2.79. The number of rotatable bonds is 0. The Morgan fingerprint density at radius 1 is 1.38 bits per heavy atom. The third-order valence-corrected chi connectivity index (χ3v) is 1.82. The van der Waals surface area contributed by atoms with Crippen LogP contribution in [-0.4, -0.2) is 6.04 Å². The fourth-order valence-electron chi connectivity index (χ4n) is 1.33. The third-order valence-electron chi connectivity index (χ3n) is 1.82. The first-order valence-corrected chi connectivity index (χ1v) is 3.37. The molecule has 0 aromatic heterocycles. The molecule has 2 N–H and O–H groups in total. The molecule has 2 atom stereocenters. The molecule has 1 aliphatic rings. The summed E-state index contributed by atoms with van der Waals surface area (Å²) in [5.41, 5.74) is 5.69. The zero-order valence-electron chi connectivity index (χ0n) is 5.27. The van der Waals surface area contributed by atoms with Crippen LogP contribution in [0, 0.1) is 12.8 Å². The first-order valence-electron chi connectivity index (χ1n) is 3.37. The molecule has 1 saturated carbocycles. The molecule has 0 saturated heterocycles. The molecule has 0 aliphatic heterocycles. The average molecular weight is 112 g/mol. The lowest BCUT2D eigenvalue weighted by Crippen LogP contribution is -2.26. The van der Waals surface area contributed by atoms with E-state index in [0.717, 1.165) is 6.42 Å². The van der Waals surface area contributed by atoms with Crippen molar-refractivity contribution < 1.29 is 0 Å². The normalized spacial score (nSPS) is 39.8. The van der Waals surface area contributed by atoms with E-state index in [-0.39, 0.29) is 0 Å². The number of hydrogen-bond acceptors (Lipinski definition) is 1. The predicted octanol–water partition coefficient (Wildman–Crippen LogP) is 1.34. The maximum Gasteiger partial charge on any atom is 0.00414 e. The molecule has 0 amide bonds. The van der Waals surface area contributed by atoms with E-state index in [0.29, 0.717) is 12.0 Å². The Morgan fingerprint density at radius 3 is 2.50 bits per heavy atom. The number of nitrogens with two attached hydrogens (primary N) is 1. The van der Waals surface area contributed by atoms with E-state index in [9.17, 15) is 0 Å². The van der Waals surface area contributed by atoms with E-state index in [1.807, 2.05) is 0 Å². The van der Waals surface area contributed by atoms with Crippen molar-refractivity contribution in [1.82, 2.24) is 0 Å². The molecule has 0 aromatic carbocycles. The van der Waals surface area contributed by atoms with Crippen molar-refractivity contribution in [3.05, 3.63) is 6.92 Å². The van der Waals surface area contributed by atoms with Crippen LogP contribution in [0.3, 0.4) is 0 Å². The zero-order chi connectivity index (χ0) is 5.98. The Balaban J connectivity index is 2.23. The predicted molar refractivity (Wildman–Crippen MR) is 35.3 cm³/mol. The Bertz CT molecular complexity index is 62.8. The molecule has 1 nitrogen and oxygen atoms in total. The van der Waals surface area contributed by atoms with Gasteiger partial charge in [-0.25, -0.2) is 0 Å². The molecule has 1 fully saturated rings. The lowest BCUT2D eigenvalue weighted by molar-refractivity contribution is 0.370. The topological polar surface area (TPSA) is 26.0 Å². The van der Waals surface area contributed by atoms with Gasteiger partial charge in [0.2, 0.25) is 0 Å². The van der Waals surface area contributed by atoms with Gasteiger partial charge in [0.25, 0.3) is 0 Å². The van der Waals surface area contributed by atoms with Gasteiger partial charge in [-0.3, -0.25) is 0 Å². The Morgan fingerprint density at radius 2 is 2.12 bits per heavy atom. The molecule has 2 unspecified atom stereocenters. The van der Waals surface area contributed by atoms with Gasteiger partial charge in [-0.2, -0.15) is 0 Å². The lowest BCUT2D eigenvalue weighted by atomic mass is 9.88. The molecule has 0 spiro atoms. The minimum absolute atomic E-state index is 0.450. The van der Waals surface area contributed by atoms with E-state index in [4.69, 9.17) is 5.73 Å².